The first-order valence-electron chi connectivity index (χ1n) is 8.44. The fraction of sp³-hybridized carbons (Fsp3) is 0.333. The second-order valence-electron chi connectivity index (χ2n) is 7.50. The van der Waals surface area contributed by atoms with Gasteiger partial charge in [-0.05, 0) is 60.9 Å². The van der Waals surface area contributed by atoms with Gasteiger partial charge >= 0.3 is 11.9 Å². The van der Waals surface area contributed by atoms with E-state index in [1.54, 1.807) is 36.4 Å². The van der Waals surface area contributed by atoms with Gasteiger partial charge in [0.1, 0.15) is 0 Å². The van der Waals surface area contributed by atoms with Gasteiger partial charge in [0.05, 0.1) is 11.1 Å². The van der Waals surface area contributed by atoms with E-state index in [1.807, 2.05) is 19.1 Å². The van der Waals surface area contributed by atoms with Gasteiger partial charge < -0.3 is 0 Å². The van der Waals surface area contributed by atoms with Gasteiger partial charge in [-0.2, -0.15) is 0 Å². The summed E-state index contributed by atoms with van der Waals surface area (Å²) in [6, 6.07) is 14.1. The first-order valence-corrected chi connectivity index (χ1v) is 8.44. The van der Waals surface area contributed by atoms with E-state index in [2.05, 4.69) is 23.6 Å². The summed E-state index contributed by atoms with van der Waals surface area (Å²) in [5.41, 5.74) is 3.36. The van der Waals surface area contributed by atoms with E-state index in [0.717, 1.165) is 18.4 Å². The quantitative estimate of drug-likeness (QED) is 0.594. The summed E-state index contributed by atoms with van der Waals surface area (Å²) in [6.45, 7) is 6.44. The second kappa shape index (κ2) is 6.71. The summed E-state index contributed by atoms with van der Waals surface area (Å²) >= 11 is 0. The van der Waals surface area contributed by atoms with Crippen molar-refractivity contribution in [3.8, 4) is 0 Å². The molecule has 130 valence electrons. The number of benzene rings is 2. The summed E-state index contributed by atoms with van der Waals surface area (Å²) in [5, 5.41) is 0. The summed E-state index contributed by atoms with van der Waals surface area (Å²) in [7, 11) is 0. The number of hydrogen-bond acceptors (Lipinski definition) is 4. The van der Waals surface area contributed by atoms with Crippen LogP contribution in [0.25, 0.3) is 0 Å². The molecule has 0 spiro atoms. The van der Waals surface area contributed by atoms with E-state index >= 15 is 0 Å². The highest BCUT2D eigenvalue weighted by Crippen LogP contribution is 2.50. The van der Waals surface area contributed by atoms with Crippen LogP contribution >= 0.6 is 0 Å². The maximum atomic E-state index is 12.0. The molecule has 4 nitrogen and oxygen atoms in total. The van der Waals surface area contributed by atoms with Crippen LogP contribution in [0.5, 0.6) is 0 Å². The molecule has 3 rings (SSSR count). The number of hydrogen-bond donors (Lipinski definition) is 0. The summed E-state index contributed by atoms with van der Waals surface area (Å²) in [5.74, 6) is -0.818. The van der Waals surface area contributed by atoms with Crippen molar-refractivity contribution in [3.05, 3.63) is 70.8 Å². The largest absolute Gasteiger partial charge is 0.386 e. The average Bonchev–Trinajstić information content (AvgIpc) is 2.58. The van der Waals surface area contributed by atoms with Crippen molar-refractivity contribution in [2.45, 2.75) is 39.5 Å². The Morgan fingerprint density at radius 3 is 1.72 bits per heavy atom. The van der Waals surface area contributed by atoms with Gasteiger partial charge in [-0.25, -0.2) is 19.4 Å². The highest BCUT2D eigenvalue weighted by Gasteiger charge is 2.36. The molecule has 0 bridgehead atoms. The van der Waals surface area contributed by atoms with Crippen molar-refractivity contribution in [1.82, 2.24) is 0 Å². The Labute approximate surface area is 147 Å². The Morgan fingerprint density at radius 2 is 1.28 bits per heavy atom. The molecule has 25 heavy (non-hydrogen) atoms. The molecule has 0 N–H and O–H groups in total. The first kappa shape index (κ1) is 17.2. The monoisotopic (exact) mass is 338 g/mol. The van der Waals surface area contributed by atoms with Crippen LogP contribution in [-0.4, -0.2) is 11.9 Å². The SMILES string of the molecule is Cc1ccc(C(=O)OOC(=O)c2ccc(C3CC(C)(C)C3)cc2)cc1. The summed E-state index contributed by atoms with van der Waals surface area (Å²) < 4.78 is 0. The average molecular weight is 338 g/mol. The van der Waals surface area contributed by atoms with Crippen molar-refractivity contribution in [1.29, 1.82) is 0 Å². The Morgan fingerprint density at radius 1 is 0.840 bits per heavy atom. The fourth-order valence-electron chi connectivity index (χ4n) is 3.26. The van der Waals surface area contributed by atoms with Crippen molar-refractivity contribution in [2.24, 2.45) is 5.41 Å². The predicted molar refractivity (Wildman–Crippen MR) is 94.2 cm³/mol. The van der Waals surface area contributed by atoms with Gasteiger partial charge in [-0.3, -0.25) is 0 Å². The molecule has 1 saturated carbocycles. The lowest BCUT2D eigenvalue weighted by Crippen LogP contribution is -2.29. The van der Waals surface area contributed by atoms with Crippen molar-refractivity contribution in [2.75, 3.05) is 0 Å². The smallest absolute Gasteiger partial charge is 0.242 e. The Hall–Kier alpha value is -2.62. The van der Waals surface area contributed by atoms with E-state index in [-0.39, 0.29) is 0 Å². The third-order valence-corrected chi connectivity index (χ3v) is 4.70. The molecule has 0 aliphatic heterocycles. The molecule has 0 radical (unpaired) electrons. The Bertz CT molecular complexity index is 765. The molecule has 2 aromatic rings. The predicted octanol–water partition coefficient (Wildman–Crippen LogP) is 4.83. The minimum absolute atomic E-state index is 0.335. The van der Waals surface area contributed by atoms with E-state index in [4.69, 9.17) is 0 Å². The van der Waals surface area contributed by atoms with Crippen molar-refractivity contribution in [3.63, 3.8) is 0 Å². The van der Waals surface area contributed by atoms with Crippen molar-refractivity contribution < 1.29 is 19.4 Å². The van der Waals surface area contributed by atoms with Gasteiger partial charge in [0, 0.05) is 0 Å². The zero-order chi connectivity index (χ0) is 18.0. The van der Waals surface area contributed by atoms with Crippen LogP contribution in [0.15, 0.2) is 48.5 Å². The molecule has 0 unspecified atom stereocenters. The van der Waals surface area contributed by atoms with Crippen LogP contribution < -0.4 is 0 Å². The lowest BCUT2D eigenvalue weighted by molar-refractivity contribution is -0.187. The van der Waals surface area contributed by atoms with Crippen LogP contribution in [0.3, 0.4) is 0 Å². The maximum Gasteiger partial charge on any atom is 0.386 e. The van der Waals surface area contributed by atoms with Gasteiger partial charge in [0.15, 0.2) is 0 Å². The number of carbonyl (C=O) groups excluding carboxylic acids is 2. The van der Waals surface area contributed by atoms with Crippen molar-refractivity contribution >= 4 is 11.9 Å². The molecular weight excluding hydrogens is 316 g/mol. The lowest BCUT2D eigenvalue weighted by atomic mass is 9.62. The molecule has 0 amide bonds. The molecule has 1 aliphatic carbocycles. The highest BCUT2D eigenvalue weighted by atomic mass is 17.2. The highest BCUT2D eigenvalue weighted by molar-refractivity contribution is 5.92. The number of rotatable bonds is 3. The normalized spacial score (nSPS) is 16.0. The molecule has 0 aromatic heterocycles. The lowest BCUT2D eigenvalue weighted by Gasteiger charge is -2.43. The molecule has 1 aliphatic rings. The second-order valence-corrected chi connectivity index (χ2v) is 7.50. The molecular formula is C21H22O4. The van der Waals surface area contributed by atoms with Crippen LogP contribution in [-0.2, 0) is 9.78 Å². The molecule has 0 atom stereocenters. The van der Waals surface area contributed by atoms with Gasteiger partial charge in [-0.1, -0.05) is 43.7 Å². The van der Waals surface area contributed by atoms with Crippen LogP contribution in [0.2, 0.25) is 0 Å². The van der Waals surface area contributed by atoms with E-state index in [0.29, 0.717) is 22.5 Å². The molecule has 0 heterocycles. The van der Waals surface area contributed by atoms with Crippen LogP contribution in [0.1, 0.15) is 64.4 Å². The standard InChI is InChI=1S/C21H22O4/c1-14-4-6-16(7-5-14)19(22)24-25-20(23)17-10-8-15(9-11-17)18-12-21(2,3)13-18/h4-11,18H,12-13H2,1-3H3. The Kier molecular flexibility index (Phi) is 4.62. The zero-order valence-corrected chi connectivity index (χ0v) is 14.7. The molecule has 2 aromatic carbocycles. The minimum atomic E-state index is -0.693. The first-order chi connectivity index (χ1) is 11.8. The summed E-state index contributed by atoms with van der Waals surface area (Å²) in [4.78, 5) is 33.1. The Balaban J connectivity index is 1.54. The number of carbonyl (C=O) groups is 2. The van der Waals surface area contributed by atoms with E-state index in [9.17, 15) is 9.59 Å². The summed E-state index contributed by atoms with van der Waals surface area (Å²) in [6.07, 6.45) is 2.32. The number of aryl methyl sites for hydroxylation is 1. The third-order valence-electron chi connectivity index (χ3n) is 4.70. The van der Waals surface area contributed by atoms with E-state index in [1.165, 1.54) is 5.56 Å². The topological polar surface area (TPSA) is 52.6 Å². The molecule has 0 saturated heterocycles. The maximum absolute atomic E-state index is 12.0. The van der Waals surface area contributed by atoms with Gasteiger partial charge in [0.25, 0.3) is 0 Å². The molecule has 4 heteroatoms. The van der Waals surface area contributed by atoms with Crippen LogP contribution in [0.4, 0.5) is 0 Å². The zero-order valence-electron chi connectivity index (χ0n) is 14.7. The fourth-order valence-corrected chi connectivity index (χ4v) is 3.26. The van der Waals surface area contributed by atoms with E-state index < -0.39 is 11.9 Å². The minimum Gasteiger partial charge on any atom is -0.242 e. The van der Waals surface area contributed by atoms with Crippen LogP contribution in [0, 0.1) is 12.3 Å². The van der Waals surface area contributed by atoms with Gasteiger partial charge in [-0.15, -0.1) is 0 Å². The third kappa shape index (κ3) is 4.08. The molecule has 1 fully saturated rings. The van der Waals surface area contributed by atoms with Gasteiger partial charge in [0.2, 0.25) is 0 Å².